The van der Waals surface area contributed by atoms with Gasteiger partial charge in [-0.2, -0.15) is 0 Å². The van der Waals surface area contributed by atoms with Gasteiger partial charge in [0.1, 0.15) is 0 Å². The first-order chi connectivity index (χ1) is 8.08. The van der Waals surface area contributed by atoms with Gasteiger partial charge in [0.2, 0.25) is 0 Å². The molecule has 0 unspecified atom stereocenters. The maximum atomic E-state index is 12.3. The van der Waals surface area contributed by atoms with Crippen LogP contribution in [-0.4, -0.2) is 23.9 Å². The Balaban J connectivity index is 2.18. The lowest BCUT2D eigenvalue weighted by Crippen LogP contribution is -2.39. The molecule has 1 aliphatic rings. The summed E-state index contributed by atoms with van der Waals surface area (Å²) in [7, 11) is 0. The fourth-order valence-corrected chi connectivity index (χ4v) is 2.45. The van der Waals surface area contributed by atoms with E-state index in [1.807, 2.05) is 4.90 Å². The van der Waals surface area contributed by atoms with Gasteiger partial charge in [0.05, 0.1) is 5.56 Å². The molecule has 1 aromatic rings. The van der Waals surface area contributed by atoms with Gasteiger partial charge in [0.25, 0.3) is 5.91 Å². The number of hydrogen-bond acceptors (Lipinski definition) is 2. The highest BCUT2D eigenvalue weighted by Crippen LogP contribution is 2.22. The lowest BCUT2D eigenvalue weighted by atomic mass is 9.99. The SMILES string of the molecule is C[C@@H]1CCCN(C(=O)c2ccc(Cl)cc2N)C1. The van der Waals surface area contributed by atoms with E-state index in [1.54, 1.807) is 18.2 Å². The molecular formula is C13H17ClN2O. The molecule has 0 radical (unpaired) electrons. The quantitative estimate of drug-likeness (QED) is 0.782. The molecule has 1 atom stereocenters. The molecule has 17 heavy (non-hydrogen) atoms. The standard InChI is InChI=1S/C13H17ClN2O/c1-9-3-2-6-16(8-9)13(17)11-5-4-10(14)7-12(11)15/h4-5,7,9H,2-3,6,8,15H2,1H3/t9-/m1/s1. The molecule has 92 valence electrons. The number of anilines is 1. The number of nitrogens with two attached hydrogens (primary N) is 1. The molecule has 1 aromatic carbocycles. The van der Waals surface area contributed by atoms with Crippen molar-refractivity contribution in [3.8, 4) is 0 Å². The number of rotatable bonds is 1. The van der Waals surface area contributed by atoms with E-state index in [4.69, 9.17) is 17.3 Å². The average molecular weight is 253 g/mol. The second-order valence-electron chi connectivity index (χ2n) is 4.73. The predicted molar refractivity (Wildman–Crippen MR) is 70.2 cm³/mol. The fourth-order valence-electron chi connectivity index (χ4n) is 2.27. The highest BCUT2D eigenvalue weighted by molar-refractivity contribution is 6.31. The average Bonchev–Trinajstić information content (AvgIpc) is 2.28. The minimum Gasteiger partial charge on any atom is -0.398 e. The summed E-state index contributed by atoms with van der Waals surface area (Å²) in [5.41, 5.74) is 6.85. The van der Waals surface area contributed by atoms with Crippen molar-refractivity contribution >= 4 is 23.2 Å². The second kappa shape index (κ2) is 4.96. The van der Waals surface area contributed by atoms with E-state index in [2.05, 4.69) is 6.92 Å². The summed E-state index contributed by atoms with van der Waals surface area (Å²) in [5.74, 6) is 0.590. The van der Waals surface area contributed by atoms with Crippen LogP contribution in [0.25, 0.3) is 0 Å². The molecule has 4 heteroatoms. The molecule has 0 saturated carbocycles. The summed E-state index contributed by atoms with van der Waals surface area (Å²) >= 11 is 5.83. The molecule has 2 rings (SSSR count). The van der Waals surface area contributed by atoms with E-state index < -0.39 is 0 Å². The van der Waals surface area contributed by atoms with Gasteiger partial charge < -0.3 is 10.6 Å². The Morgan fingerprint density at radius 3 is 2.94 bits per heavy atom. The van der Waals surface area contributed by atoms with Crippen molar-refractivity contribution in [2.45, 2.75) is 19.8 Å². The first kappa shape index (κ1) is 12.2. The van der Waals surface area contributed by atoms with Gasteiger partial charge in [-0.3, -0.25) is 4.79 Å². The maximum absolute atomic E-state index is 12.3. The third kappa shape index (κ3) is 2.72. The highest BCUT2D eigenvalue weighted by atomic mass is 35.5. The molecule has 1 saturated heterocycles. The summed E-state index contributed by atoms with van der Waals surface area (Å²) < 4.78 is 0. The first-order valence-corrected chi connectivity index (χ1v) is 6.30. The smallest absolute Gasteiger partial charge is 0.255 e. The van der Waals surface area contributed by atoms with Crippen LogP contribution in [0.4, 0.5) is 5.69 Å². The van der Waals surface area contributed by atoms with Gasteiger partial charge in [-0.1, -0.05) is 18.5 Å². The molecule has 0 bridgehead atoms. The molecule has 1 aliphatic heterocycles. The number of halogens is 1. The Morgan fingerprint density at radius 2 is 2.29 bits per heavy atom. The van der Waals surface area contributed by atoms with E-state index in [1.165, 1.54) is 6.42 Å². The molecule has 1 fully saturated rings. The number of likely N-dealkylation sites (tertiary alicyclic amines) is 1. The van der Waals surface area contributed by atoms with Crippen LogP contribution in [0.2, 0.25) is 5.02 Å². The van der Waals surface area contributed by atoms with Crippen LogP contribution < -0.4 is 5.73 Å². The zero-order valence-corrected chi connectivity index (χ0v) is 10.7. The van der Waals surface area contributed by atoms with Gasteiger partial charge in [-0.25, -0.2) is 0 Å². The van der Waals surface area contributed by atoms with Crippen molar-refractivity contribution in [3.63, 3.8) is 0 Å². The molecule has 2 N–H and O–H groups in total. The zero-order chi connectivity index (χ0) is 12.4. The molecule has 0 aromatic heterocycles. The normalized spacial score (nSPS) is 20.4. The van der Waals surface area contributed by atoms with Gasteiger partial charge in [-0.15, -0.1) is 0 Å². The molecule has 3 nitrogen and oxygen atoms in total. The summed E-state index contributed by atoms with van der Waals surface area (Å²) in [4.78, 5) is 14.2. The zero-order valence-electron chi connectivity index (χ0n) is 9.95. The number of hydrogen-bond donors (Lipinski definition) is 1. The number of benzene rings is 1. The maximum Gasteiger partial charge on any atom is 0.255 e. The van der Waals surface area contributed by atoms with E-state index in [-0.39, 0.29) is 5.91 Å². The Morgan fingerprint density at radius 1 is 1.53 bits per heavy atom. The monoisotopic (exact) mass is 252 g/mol. The summed E-state index contributed by atoms with van der Waals surface area (Å²) in [6.07, 6.45) is 2.26. The van der Waals surface area contributed by atoms with Crippen molar-refractivity contribution in [2.24, 2.45) is 5.92 Å². The predicted octanol–water partition coefficient (Wildman–Crippen LogP) is 2.79. The molecule has 1 amide bonds. The Kier molecular flexibility index (Phi) is 3.57. The van der Waals surface area contributed by atoms with Crippen molar-refractivity contribution in [2.75, 3.05) is 18.8 Å². The van der Waals surface area contributed by atoms with Gasteiger partial charge in [0, 0.05) is 23.8 Å². The van der Waals surface area contributed by atoms with Crippen LogP contribution in [0.1, 0.15) is 30.1 Å². The van der Waals surface area contributed by atoms with Crippen LogP contribution in [0, 0.1) is 5.92 Å². The van der Waals surface area contributed by atoms with Crippen LogP contribution in [0.15, 0.2) is 18.2 Å². The third-order valence-electron chi connectivity index (χ3n) is 3.19. The van der Waals surface area contributed by atoms with Gasteiger partial charge in [-0.05, 0) is 37.0 Å². The highest BCUT2D eigenvalue weighted by Gasteiger charge is 2.23. The summed E-state index contributed by atoms with van der Waals surface area (Å²) in [5, 5.41) is 0.561. The largest absolute Gasteiger partial charge is 0.398 e. The van der Waals surface area contributed by atoms with Crippen LogP contribution >= 0.6 is 11.6 Å². The topological polar surface area (TPSA) is 46.3 Å². The Hall–Kier alpha value is -1.22. The number of carbonyl (C=O) groups is 1. The molecular weight excluding hydrogens is 236 g/mol. The van der Waals surface area contributed by atoms with Gasteiger partial charge >= 0.3 is 0 Å². The van der Waals surface area contributed by atoms with E-state index >= 15 is 0 Å². The van der Waals surface area contributed by atoms with E-state index in [0.717, 1.165) is 19.5 Å². The first-order valence-electron chi connectivity index (χ1n) is 5.92. The minimum absolute atomic E-state index is 0.0192. The van der Waals surface area contributed by atoms with Gasteiger partial charge in [0.15, 0.2) is 0 Å². The Labute approximate surface area is 107 Å². The van der Waals surface area contributed by atoms with Crippen molar-refractivity contribution in [1.82, 2.24) is 4.90 Å². The fraction of sp³-hybridized carbons (Fsp3) is 0.462. The Bertz CT molecular complexity index is 433. The number of nitrogen functional groups attached to an aromatic ring is 1. The van der Waals surface area contributed by atoms with Crippen molar-refractivity contribution in [1.29, 1.82) is 0 Å². The lowest BCUT2D eigenvalue weighted by Gasteiger charge is -2.31. The number of amides is 1. The lowest BCUT2D eigenvalue weighted by molar-refractivity contribution is 0.0684. The molecule has 0 spiro atoms. The number of nitrogens with zero attached hydrogens (tertiary/aromatic N) is 1. The summed E-state index contributed by atoms with van der Waals surface area (Å²) in [6, 6.07) is 5.04. The summed E-state index contributed by atoms with van der Waals surface area (Å²) in [6.45, 7) is 3.82. The van der Waals surface area contributed by atoms with Crippen LogP contribution in [0.5, 0.6) is 0 Å². The molecule has 0 aliphatic carbocycles. The third-order valence-corrected chi connectivity index (χ3v) is 3.42. The minimum atomic E-state index is 0.0192. The molecule has 1 heterocycles. The van der Waals surface area contributed by atoms with Crippen molar-refractivity contribution in [3.05, 3.63) is 28.8 Å². The van der Waals surface area contributed by atoms with Crippen LogP contribution in [0.3, 0.4) is 0 Å². The number of piperidine rings is 1. The van der Waals surface area contributed by atoms with E-state index in [0.29, 0.717) is 22.2 Å². The second-order valence-corrected chi connectivity index (χ2v) is 5.17. The van der Waals surface area contributed by atoms with Crippen molar-refractivity contribution < 1.29 is 4.79 Å². The van der Waals surface area contributed by atoms with Crippen LogP contribution in [-0.2, 0) is 0 Å². The van der Waals surface area contributed by atoms with E-state index in [9.17, 15) is 4.79 Å². The number of carbonyl (C=O) groups excluding carboxylic acids is 1.